The van der Waals surface area contributed by atoms with Crippen LogP contribution in [0.15, 0.2) is 67.0 Å². The van der Waals surface area contributed by atoms with Gasteiger partial charge in [-0.25, -0.2) is 18.5 Å². The standard InChI is InChI=1S/C28H28FN3O4/c1-32(27(33)23-4-2-3-5-25(23)29,21-12-16-31(17-13-21)20-10-14-30-15-11-20)26-9-7-19-6-8-22(18-24(19)26)36-28(34)35/h2-6,8,10-11,14-15,18,21,26H,7,9,12-13,16-17H2,1H3/p+1/t26-,32?/m1/s1. The van der Waals surface area contributed by atoms with Crippen molar-refractivity contribution < 1.29 is 28.3 Å². The Kier molecular flexibility index (Phi) is 6.45. The molecular weight excluding hydrogens is 461 g/mol. The maximum atomic E-state index is 14.9. The van der Waals surface area contributed by atoms with Crippen LogP contribution in [0.5, 0.6) is 5.75 Å². The fraction of sp³-hybridized carbons (Fsp3) is 0.321. The molecule has 7 nitrogen and oxygen atoms in total. The molecule has 5 rings (SSSR count). The maximum Gasteiger partial charge on any atom is 0.511 e. The number of rotatable bonds is 5. The summed E-state index contributed by atoms with van der Waals surface area (Å²) in [6.07, 6.45) is 5.17. The van der Waals surface area contributed by atoms with E-state index in [2.05, 4.69) is 9.88 Å². The highest BCUT2D eigenvalue weighted by Crippen LogP contribution is 2.45. The van der Waals surface area contributed by atoms with Gasteiger partial charge in [0.1, 0.15) is 23.2 Å². The van der Waals surface area contributed by atoms with E-state index in [4.69, 9.17) is 9.84 Å². The number of aromatic nitrogens is 1. The van der Waals surface area contributed by atoms with E-state index in [0.717, 1.165) is 49.2 Å². The lowest BCUT2D eigenvalue weighted by Crippen LogP contribution is -2.61. The first-order valence-corrected chi connectivity index (χ1v) is 12.2. The van der Waals surface area contributed by atoms with Crippen molar-refractivity contribution >= 4 is 17.7 Å². The molecule has 0 spiro atoms. The third kappa shape index (κ3) is 4.33. The predicted octanol–water partition coefficient (Wildman–Crippen LogP) is 5.22. The zero-order chi connectivity index (χ0) is 25.3. The fourth-order valence-corrected chi connectivity index (χ4v) is 5.95. The first kappa shape index (κ1) is 23.9. The minimum Gasteiger partial charge on any atom is -0.449 e. The van der Waals surface area contributed by atoms with E-state index in [0.29, 0.717) is 6.42 Å². The molecule has 8 heteroatoms. The molecule has 2 heterocycles. The van der Waals surface area contributed by atoms with Gasteiger partial charge in [-0.2, -0.15) is 0 Å². The number of aryl methyl sites for hydroxylation is 1. The Morgan fingerprint density at radius 2 is 1.78 bits per heavy atom. The fourth-order valence-electron chi connectivity index (χ4n) is 5.95. The summed E-state index contributed by atoms with van der Waals surface area (Å²) < 4.78 is 19.8. The van der Waals surface area contributed by atoms with Crippen molar-refractivity contribution in [1.29, 1.82) is 0 Å². The number of pyridine rings is 1. The molecule has 0 bridgehead atoms. The number of hydrogen-bond acceptors (Lipinski definition) is 5. The number of benzene rings is 2. The van der Waals surface area contributed by atoms with Crippen LogP contribution in [0.3, 0.4) is 0 Å². The van der Waals surface area contributed by atoms with Crippen LogP contribution in [0.25, 0.3) is 0 Å². The Bertz CT molecular complexity index is 1280. The molecule has 1 amide bonds. The Balaban J connectivity index is 1.52. The number of carboxylic acid groups (broad SMARTS) is 1. The second-order valence-electron chi connectivity index (χ2n) is 9.64. The highest BCUT2D eigenvalue weighted by atomic mass is 19.1. The topological polar surface area (TPSA) is 79.7 Å². The predicted molar refractivity (Wildman–Crippen MR) is 133 cm³/mol. The highest BCUT2D eigenvalue weighted by molar-refractivity contribution is 5.89. The van der Waals surface area contributed by atoms with Crippen LogP contribution < -0.4 is 9.64 Å². The van der Waals surface area contributed by atoms with E-state index in [9.17, 15) is 14.0 Å². The van der Waals surface area contributed by atoms with E-state index in [1.807, 2.05) is 25.2 Å². The van der Waals surface area contributed by atoms with Crippen molar-refractivity contribution in [2.75, 3.05) is 25.0 Å². The number of ether oxygens (including phenoxy) is 1. The van der Waals surface area contributed by atoms with Gasteiger partial charge in [-0.1, -0.05) is 18.2 Å². The average molecular weight is 491 g/mol. The monoisotopic (exact) mass is 490 g/mol. The van der Waals surface area contributed by atoms with Gasteiger partial charge in [0.15, 0.2) is 0 Å². The summed E-state index contributed by atoms with van der Waals surface area (Å²) in [6.45, 7) is 1.55. The maximum absolute atomic E-state index is 14.9. The molecule has 186 valence electrons. The number of quaternary nitrogens is 1. The normalized spacial score (nSPS) is 19.4. The van der Waals surface area contributed by atoms with Crippen molar-refractivity contribution in [2.24, 2.45) is 0 Å². The molecule has 3 aromatic rings. The number of anilines is 1. The molecule has 1 saturated heterocycles. The lowest BCUT2D eigenvalue weighted by Gasteiger charge is -2.47. The Labute approximate surface area is 209 Å². The lowest BCUT2D eigenvalue weighted by molar-refractivity contribution is -0.887. The number of halogens is 1. The van der Waals surface area contributed by atoms with Gasteiger partial charge < -0.3 is 14.7 Å². The summed E-state index contributed by atoms with van der Waals surface area (Å²) in [4.78, 5) is 31.7. The Morgan fingerprint density at radius 1 is 1.06 bits per heavy atom. The molecule has 2 atom stereocenters. The average Bonchev–Trinajstić information content (AvgIpc) is 3.32. The van der Waals surface area contributed by atoms with Gasteiger partial charge in [-0.05, 0) is 48.4 Å². The molecule has 0 radical (unpaired) electrons. The van der Waals surface area contributed by atoms with Crippen LogP contribution in [0.2, 0.25) is 0 Å². The quantitative estimate of drug-likeness (QED) is 0.300. The van der Waals surface area contributed by atoms with E-state index in [1.165, 1.54) is 6.07 Å². The van der Waals surface area contributed by atoms with Gasteiger partial charge in [-0.15, -0.1) is 0 Å². The third-order valence-corrected chi connectivity index (χ3v) is 7.81. The molecule has 1 aromatic heterocycles. The Morgan fingerprint density at radius 3 is 2.47 bits per heavy atom. The molecule has 1 fully saturated rings. The minimum absolute atomic E-state index is 0.0322. The van der Waals surface area contributed by atoms with Crippen molar-refractivity contribution in [3.8, 4) is 5.75 Å². The van der Waals surface area contributed by atoms with Crippen molar-refractivity contribution in [3.05, 3.63) is 89.5 Å². The molecule has 2 aliphatic rings. The number of amides is 1. The van der Waals surface area contributed by atoms with Crippen molar-refractivity contribution in [2.45, 2.75) is 37.8 Å². The zero-order valence-electron chi connectivity index (χ0n) is 20.1. The van der Waals surface area contributed by atoms with Crippen LogP contribution in [-0.4, -0.2) is 52.8 Å². The largest absolute Gasteiger partial charge is 0.511 e. The number of carbonyl (C=O) groups is 2. The lowest BCUT2D eigenvalue weighted by atomic mass is 9.93. The second kappa shape index (κ2) is 9.70. The van der Waals surface area contributed by atoms with Crippen molar-refractivity contribution in [3.63, 3.8) is 0 Å². The molecule has 1 unspecified atom stereocenters. The number of piperidine rings is 1. The van der Waals surface area contributed by atoms with Gasteiger partial charge in [-0.3, -0.25) is 4.98 Å². The molecule has 2 aromatic carbocycles. The summed E-state index contributed by atoms with van der Waals surface area (Å²) in [7, 11) is 1.92. The van der Waals surface area contributed by atoms with Gasteiger partial charge in [0, 0.05) is 56.0 Å². The number of nitrogens with zero attached hydrogens (tertiary/aromatic N) is 3. The second-order valence-corrected chi connectivity index (χ2v) is 9.64. The zero-order valence-corrected chi connectivity index (χ0v) is 20.1. The van der Waals surface area contributed by atoms with E-state index in [-0.39, 0.29) is 33.8 Å². The van der Waals surface area contributed by atoms with E-state index in [1.54, 1.807) is 42.7 Å². The first-order valence-electron chi connectivity index (χ1n) is 12.2. The highest BCUT2D eigenvalue weighted by Gasteiger charge is 2.51. The summed E-state index contributed by atoms with van der Waals surface area (Å²) in [5, 5.41) is 9.10. The summed E-state index contributed by atoms with van der Waals surface area (Å²) in [5.41, 5.74) is 3.15. The molecule has 1 N–H and O–H groups in total. The molecule has 0 saturated carbocycles. The van der Waals surface area contributed by atoms with Crippen LogP contribution >= 0.6 is 0 Å². The Hall–Kier alpha value is -3.78. The first-order chi connectivity index (χ1) is 17.4. The van der Waals surface area contributed by atoms with Crippen LogP contribution in [-0.2, 0) is 6.42 Å². The third-order valence-electron chi connectivity index (χ3n) is 7.81. The van der Waals surface area contributed by atoms with Crippen LogP contribution in [0.1, 0.15) is 46.8 Å². The van der Waals surface area contributed by atoms with Crippen molar-refractivity contribution in [1.82, 2.24) is 4.98 Å². The van der Waals surface area contributed by atoms with E-state index >= 15 is 0 Å². The van der Waals surface area contributed by atoms with E-state index < -0.39 is 12.0 Å². The molecule has 1 aliphatic carbocycles. The summed E-state index contributed by atoms with van der Waals surface area (Å²) >= 11 is 0. The minimum atomic E-state index is -1.38. The summed E-state index contributed by atoms with van der Waals surface area (Å²) in [6, 6.07) is 15.1. The van der Waals surface area contributed by atoms with Crippen LogP contribution in [0.4, 0.5) is 14.9 Å². The smallest absolute Gasteiger partial charge is 0.449 e. The van der Waals surface area contributed by atoms with Gasteiger partial charge in [0.05, 0.1) is 13.1 Å². The van der Waals surface area contributed by atoms with Gasteiger partial charge in [0.2, 0.25) is 0 Å². The molecule has 1 aliphatic heterocycles. The number of fused-ring (bicyclic) bond motifs is 1. The van der Waals surface area contributed by atoms with Gasteiger partial charge in [0.25, 0.3) is 0 Å². The number of carbonyl (C=O) groups excluding carboxylic acids is 1. The molecular formula is C28H29FN3O4+. The molecule has 36 heavy (non-hydrogen) atoms. The van der Waals surface area contributed by atoms with Gasteiger partial charge >= 0.3 is 12.1 Å². The van der Waals surface area contributed by atoms with Crippen LogP contribution in [0, 0.1) is 5.82 Å². The number of hydrogen-bond donors (Lipinski definition) is 1. The summed E-state index contributed by atoms with van der Waals surface area (Å²) in [5.74, 6) is -0.550. The SMILES string of the molecule is C[N+](C(=O)c1ccccc1F)(C1CCN(c2ccncc2)CC1)[C@@H]1CCc2ccc(OC(=O)O)cc21.